The van der Waals surface area contributed by atoms with Crippen LogP contribution < -0.4 is 0 Å². The number of rotatable bonds is 4. The molecule has 19 heavy (non-hydrogen) atoms. The van der Waals surface area contributed by atoms with Crippen molar-refractivity contribution < 1.29 is 14.3 Å². The van der Waals surface area contributed by atoms with Crippen LogP contribution in [0.15, 0.2) is 18.2 Å². The molecule has 0 spiro atoms. The number of hydrogen-bond acceptors (Lipinski definition) is 2. The Balaban J connectivity index is 0.00000180. The third-order valence-corrected chi connectivity index (χ3v) is 3.61. The van der Waals surface area contributed by atoms with E-state index < -0.39 is 5.97 Å². The van der Waals surface area contributed by atoms with Crippen molar-refractivity contribution in [3.05, 3.63) is 35.1 Å². The normalized spacial score (nSPS) is 18.5. The molecule has 0 aliphatic carbocycles. The average Bonchev–Trinajstić information content (AvgIpc) is 2.32. The summed E-state index contributed by atoms with van der Waals surface area (Å²) in [6.07, 6.45) is 1.63. The smallest absolute Gasteiger partial charge is 0.303 e. The molecule has 1 aromatic rings. The quantitative estimate of drug-likeness (QED) is 0.925. The molecule has 1 aliphatic heterocycles. The zero-order chi connectivity index (χ0) is 13.1. The predicted molar refractivity (Wildman–Crippen MR) is 74.2 cm³/mol. The molecule has 0 amide bonds. The van der Waals surface area contributed by atoms with Crippen LogP contribution in [0.25, 0.3) is 0 Å². The molecule has 0 saturated carbocycles. The van der Waals surface area contributed by atoms with E-state index in [2.05, 4.69) is 4.90 Å². The molecule has 1 N–H and O–H groups in total. The van der Waals surface area contributed by atoms with E-state index in [0.29, 0.717) is 13.0 Å². The van der Waals surface area contributed by atoms with Crippen molar-refractivity contribution in [1.29, 1.82) is 0 Å². The monoisotopic (exact) mass is 287 g/mol. The summed E-state index contributed by atoms with van der Waals surface area (Å²) in [5.74, 6) is -0.922. The van der Waals surface area contributed by atoms with Crippen LogP contribution >= 0.6 is 12.4 Å². The number of hydrogen-bond donors (Lipinski definition) is 1. The fourth-order valence-corrected chi connectivity index (χ4v) is 2.65. The van der Waals surface area contributed by atoms with Gasteiger partial charge in [0, 0.05) is 24.6 Å². The molecule has 1 unspecified atom stereocenters. The summed E-state index contributed by atoms with van der Waals surface area (Å²) in [6.45, 7) is 3.57. The third kappa shape index (κ3) is 3.67. The van der Waals surface area contributed by atoms with Gasteiger partial charge in [0.25, 0.3) is 0 Å². The van der Waals surface area contributed by atoms with Crippen molar-refractivity contribution in [2.75, 3.05) is 13.1 Å². The topological polar surface area (TPSA) is 40.5 Å². The molecule has 1 aromatic carbocycles. The second kappa shape index (κ2) is 6.87. The van der Waals surface area contributed by atoms with Gasteiger partial charge in [-0.3, -0.25) is 9.69 Å². The minimum absolute atomic E-state index is 0. The summed E-state index contributed by atoms with van der Waals surface area (Å²) in [5, 5.41) is 8.63. The number of carbonyl (C=O) groups is 1. The van der Waals surface area contributed by atoms with Crippen LogP contribution in [0.3, 0.4) is 0 Å². The first kappa shape index (κ1) is 15.9. The minimum atomic E-state index is -0.772. The van der Waals surface area contributed by atoms with Crippen LogP contribution in [-0.2, 0) is 11.2 Å². The maximum absolute atomic E-state index is 13.8. The Morgan fingerprint density at radius 1 is 1.53 bits per heavy atom. The van der Waals surface area contributed by atoms with Gasteiger partial charge >= 0.3 is 5.97 Å². The lowest BCUT2D eigenvalue weighted by atomic mass is 9.93. The van der Waals surface area contributed by atoms with Gasteiger partial charge < -0.3 is 5.11 Å². The standard InChI is InChI=1S/C14H18FNO2.ClH/c1-10-14-11(4-2-5-12(14)15)7-9-16(10)8-3-6-13(17)18;/h2,4-5,10H,3,6-9H2,1H3,(H,17,18);1H. The fraction of sp³-hybridized carbons (Fsp3) is 0.500. The highest BCUT2D eigenvalue weighted by atomic mass is 35.5. The third-order valence-electron chi connectivity index (χ3n) is 3.61. The van der Waals surface area contributed by atoms with Gasteiger partial charge in [0.2, 0.25) is 0 Å². The molecular formula is C14H19ClFNO2. The summed E-state index contributed by atoms with van der Waals surface area (Å²) in [6, 6.07) is 5.25. The van der Waals surface area contributed by atoms with Gasteiger partial charge in [-0.2, -0.15) is 0 Å². The summed E-state index contributed by atoms with van der Waals surface area (Å²) < 4.78 is 13.8. The van der Waals surface area contributed by atoms with Gasteiger partial charge in [0.15, 0.2) is 0 Å². The van der Waals surface area contributed by atoms with Crippen LogP contribution in [0.5, 0.6) is 0 Å². The lowest BCUT2D eigenvalue weighted by molar-refractivity contribution is -0.137. The van der Waals surface area contributed by atoms with Crippen LogP contribution in [0.4, 0.5) is 4.39 Å². The summed E-state index contributed by atoms with van der Waals surface area (Å²) >= 11 is 0. The van der Waals surface area contributed by atoms with Gasteiger partial charge in [-0.15, -0.1) is 12.4 Å². The Kier molecular flexibility index (Phi) is 5.76. The first-order valence-electron chi connectivity index (χ1n) is 6.32. The van der Waals surface area contributed by atoms with Crippen molar-refractivity contribution >= 4 is 18.4 Å². The Morgan fingerprint density at radius 3 is 2.95 bits per heavy atom. The summed E-state index contributed by atoms with van der Waals surface area (Å²) in [7, 11) is 0. The number of halogens is 2. The van der Waals surface area contributed by atoms with Crippen molar-refractivity contribution in [3.63, 3.8) is 0 Å². The van der Waals surface area contributed by atoms with Gasteiger partial charge in [0.1, 0.15) is 5.82 Å². The number of fused-ring (bicyclic) bond motifs is 1. The molecule has 0 fully saturated rings. The van der Waals surface area contributed by atoms with Crippen molar-refractivity contribution in [1.82, 2.24) is 4.90 Å². The Morgan fingerprint density at radius 2 is 2.26 bits per heavy atom. The van der Waals surface area contributed by atoms with Crippen LogP contribution in [0, 0.1) is 5.82 Å². The molecule has 0 aromatic heterocycles. The molecule has 3 nitrogen and oxygen atoms in total. The lowest BCUT2D eigenvalue weighted by Crippen LogP contribution is -2.35. The zero-order valence-corrected chi connectivity index (χ0v) is 11.8. The van der Waals surface area contributed by atoms with E-state index in [4.69, 9.17) is 5.11 Å². The second-order valence-electron chi connectivity index (χ2n) is 4.77. The van der Waals surface area contributed by atoms with Gasteiger partial charge in [-0.05, 0) is 37.9 Å². The molecule has 5 heteroatoms. The van der Waals surface area contributed by atoms with E-state index in [1.807, 2.05) is 13.0 Å². The van der Waals surface area contributed by atoms with Crippen LogP contribution in [0.2, 0.25) is 0 Å². The summed E-state index contributed by atoms with van der Waals surface area (Å²) in [4.78, 5) is 12.7. The first-order chi connectivity index (χ1) is 8.59. The van der Waals surface area contributed by atoms with Gasteiger partial charge in [-0.1, -0.05) is 12.1 Å². The van der Waals surface area contributed by atoms with E-state index >= 15 is 0 Å². The highest BCUT2D eigenvalue weighted by Gasteiger charge is 2.25. The molecular weight excluding hydrogens is 269 g/mol. The SMILES string of the molecule is CC1c2c(F)cccc2CCN1CCCC(=O)O.Cl. The number of carboxylic acid groups (broad SMARTS) is 1. The Bertz CT molecular complexity index is 453. The molecule has 1 aliphatic rings. The van der Waals surface area contributed by atoms with E-state index in [-0.39, 0.29) is 30.7 Å². The highest BCUT2D eigenvalue weighted by Crippen LogP contribution is 2.31. The van der Waals surface area contributed by atoms with Gasteiger partial charge in [0.05, 0.1) is 0 Å². The van der Waals surface area contributed by atoms with Crippen molar-refractivity contribution in [3.8, 4) is 0 Å². The predicted octanol–water partition coefficient (Wildman–Crippen LogP) is 3.03. The Labute approximate surface area is 118 Å². The number of nitrogens with zero attached hydrogens (tertiary/aromatic N) is 1. The van der Waals surface area contributed by atoms with Crippen molar-refractivity contribution in [2.45, 2.75) is 32.2 Å². The van der Waals surface area contributed by atoms with E-state index in [0.717, 1.165) is 24.1 Å². The molecule has 0 bridgehead atoms. The minimum Gasteiger partial charge on any atom is -0.481 e. The molecule has 2 rings (SSSR count). The molecule has 106 valence electrons. The first-order valence-corrected chi connectivity index (χ1v) is 6.32. The molecule has 1 atom stereocenters. The average molecular weight is 288 g/mol. The van der Waals surface area contributed by atoms with E-state index in [9.17, 15) is 9.18 Å². The lowest BCUT2D eigenvalue weighted by Gasteiger charge is -2.35. The van der Waals surface area contributed by atoms with E-state index in [1.54, 1.807) is 6.07 Å². The van der Waals surface area contributed by atoms with Crippen molar-refractivity contribution in [2.24, 2.45) is 0 Å². The molecule has 1 heterocycles. The second-order valence-corrected chi connectivity index (χ2v) is 4.77. The van der Waals surface area contributed by atoms with Gasteiger partial charge in [-0.25, -0.2) is 4.39 Å². The Hall–Kier alpha value is -1.13. The number of aliphatic carboxylic acids is 1. The molecule has 0 radical (unpaired) electrons. The molecule has 0 saturated heterocycles. The highest BCUT2D eigenvalue weighted by molar-refractivity contribution is 5.85. The summed E-state index contributed by atoms with van der Waals surface area (Å²) in [5.41, 5.74) is 1.86. The van der Waals surface area contributed by atoms with E-state index in [1.165, 1.54) is 6.07 Å². The largest absolute Gasteiger partial charge is 0.481 e. The zero-order valence-electron chi connectivity index (χ0n) is 10.9. The van der Waals surface area contributed by atoms with Crippen LogP contribution in [-0.4, -0.2) is 29.1 Å². The number of benzene rings is 1. The fourth-order valence-electron chi connectivity index (χ4n) is 2.65. The van der Waals surface area contributed by atoms with Crippen LogP contribution in [0.1, 0.15) is 36.9 Å². The maximum Gasteiger partial charge on any atom is 0.303 e. The maximum atomic E-state index is 13.8. The number of carboxylic acids is 1.